The molecule has 3 rings (SSSR count). The molecule has 150 valence electrons. The molecule has 0 aliphatic carbocycles. The maximum atomic E-state index is 13.1. The van der Waals surface area contributed by atoms with E-state index in [1.807, 2.05) is 37.3 Å². The van der Waals surface area contributed by atoms with Crippen LogP contribution in [-0.4, -0.2) is 18.0 Å². The number of rotatable bonds is 4. The minimum atomic E-state index is -4.62. The molecule has 0 saturated carbocycles. The first kappa shape index (κ1) is 20.7. The molecule has 2 aromatic carbocycles. The number of piperidine rings is 1. The Morgan fingerprint density at radius 1 is 1.14 bits per heavy atom. The van der Waals surface area contributed by atoms with E-state index in [2.05, 4.69) is 10.6 Å². The number of carbonyl (C=O) groups excluding carboxylic acids is 1. The summed E-state index contributed by atoms with van der Waals surface area (Å²) in [6, 6.07) is 12.4. The second kappa shape index (κ2) is 8.13. The maximum absolute atomic E-state index is 13.1. The maximum Gasteiger partial charge on any atom is 0.417 e. The molecule has 2 atom stereocenters. The smallest absolute Gasteiger partial charge is 0.343 e. The van der Waals surface area contributed by atoms with Crippen molar-refractivity contribution in [2.24, 2.45) is 0 Å². The first-order chi connectivity index (χ1) is 13.2. The van der Waals surface area contributed by atoms with Gasteiger partial charge in [-0.1, -0.05) is 54.4 Å². The van der Waals surface area contributed by atoms with Gasteiger partial charge in [-0.25, -0.2) is 0 Å². The molecule has 1 amide bonds. The summed E-state index contributed by atoms with van der Waals surface area (Å²) in [7, 11) is 0. The number of alkyl halides is 3. The highest BCUT2D eigenvalue weighted by molar-refractivity contribution is 6.34. The monoisotopic (exact) mass is 410 g/mol. The van der Waals surface area contributed by atoms with Crippen LogP contribution in [0.5, 0.6) is 0 Å². The first-order valence-electron chi connectivity index (χ1n) is 9.19. The van der Waals surface area contributed by atoms with Crippen LogP contribution < -0.4 is 10.6 Å². The van der Waals surface area contributed by atoms with Crippen molar-refractivity contribution < 1.29 is 18.0 Å². The van der Waals surface area contributed by atoms with Crippen molar-refractivity contribution in [3.63, 3.8) is 0 Å². The Morgan fingerprint density at radius 3 is 2.46 bits per heavy atom. The average molecular weight is 411 g/mol. The predicted octanol–water partition coefficient (Wildman–Crippen LogP) is 5.36. The van der Waals surface area contributed by atoms with E-state index < -0.39 is 34.3 Å². The van der Waals surface area contributed by atoms with Crippen molar-refractivity contribution in [3.05, 3.63) is 70.2 Å². The molecule has 7 heteroatoms. The van der Waals surface area contributed by atoms with E-state index in [-0.39, 0.29) is 5.56 Å². The molecule has 0 bridgehead atoms. The van der Waals surface area contributed by atoms with Crippen molar-refractivity contribution >= 4 is 17.5 Å². The van der Waals surface area contributed by atoms with Crippen LogP contribution in [0.2, 0.25) is 5.02 Å². The van der Waals surface area contributed by atoms with Gasteiger partial charge in [0.2, 0.25) is 0 Å². The molecule has 1 aliphatic rings. The molecule has 0 unspecified atom stereocenters. The molecular weight excluding hydrogens is 389 g/mol. The molecule has 0 radical (unpaired) electrons. The summed E-state index contributed by atoms with van der Waals surface area (Å²) >= 11 is 5.94. The third kappa shape index (κ3) is 4.33. The number of nitrogens with one attached hydrogen (secondary N) is 2. The van der Waals surface area contributed by atoms with Gasteiger partial charge in [0.05, 0.1) is 22.2 Å². The van der Waals surface area contributed by atoms with E-state index in [4.69, 9.17) is 11.6 Å². The minimum absolute atomic E-state index is 0.183. The number of hydrogen-bond acceptors (Lipinski definition) is 2. The zero-order chi connectivity index (χ0) is 20.4. The summed E-state index contributed by atoms with van der Waals surface area (Å²) in [6.07, 6.45) is -1.73. The van der Waals surface area contributed by atoms with Gasteiger partial charge in [0.25, 0.3) is 5.91 Å². The van der Waals surface area contributed by atoms with Gasteiger partial charge in [-0.3, -0.25) is 4.79 Å². The van der Waals surface area contributed by atoms with Crippen LogP contribution in [0.4, 0.5) is 13.2 Å². The van der Waals surface area contributed by atoms with E-state index in [0.717, 1.165) is 37.4 Å². The SMILES string of the molecule is C[C@@]1([C@@H](NC(=O)c2cccc(C(F)(F)F)c2Cl)c2ccccc2)CCCCN1. The molecule has 0 aromatic heterocycles. The van der Waals surface area contributed by atoms with Gasteiger partial charge in [-0.15, -0.1) is 0 Å². The Labute approximate surface area is 167 Å². The molecule has 2 aromatic rings. The second-order valence-electron chi connectivity index (χ2n) is 7.28. The molecular formula is C21H22ClF3N2O. The lowest BCUT2D eigenvalue weighted by Crippen LogP contribution is -2.55. The van der Waals surface area contributed by atoms with Gasteiger partial charge in [-0.05, 0) is 44.0 Å². The van der Waals surface area contributed by atoms with Crippen LogP contribution in [0.25, 0.3) is 0 Å². The summed E-state index contributed by atoms with van der Waals surface area (Å²) in [6.45, 7) is 2.85. The van der Waals surface area contributed by atoms with Gasteiger partial charge >= 0.3 is 6.18 Å². The molecule has 2 N–H and O–H groups in total. The van der Waals surface area contributed by atoms with Crippen LogP contribution in [0.15, 0.2) is 48.5 Å². The molecule has 1 fully saturated rings. The van der Waals surface area contributed by atoms with Crippen LogP contribution in [0.3, 0.4) is 0 Å². The fourth-order valence-corrected chi connectivity index (χ4v) is 4.04. The summed E-state index contributed by atoms with van der Waals surface area (Å²) < 4.78 is 39.4. The number of carbonyl (C=O) groups is 1. The predicted molar refractivity (Wildman–Crippen MR) is 103 cm³/mol. The third-order valence-electron chi connectivity index (χ3n) is 5.25. The zero-order valence-corrected chi connectivity index (χ0v) is 16.2. The fraction of sp³-hybridized carbons (Fsp3) is 0.381. The van der Waals surface area contributed by atoms with E-state index in [0.29, 0.717) is 0 Å². The Morgan fingerprint density at radius 2 is 1.86 bits per heavy atom. The second-order valence-corrected chi connectivity index (χ2v) is 7.66. The van der Waals surface area contributed by atoms with E-state index >= 15 is 0 Å². The molecule has 1 aliphatic heterocycles. The topological polar surface area (TPSA) is 41.1 Å². The largest absolute Gasteiger partial charge is 0.417 e. The van der Waals surface area contributed by atoms with E-state index in [9.17, 15) is 18.0 Å². The minimum Gasteiger partial charge on any atom is -0.343 e. The molecule has 3 nitrogen and oxygen atoms in total. The fourth-order valence-electron chi connectivity index (χ4n) is 3.72. The molecule has 0 spiro atoms. The lowest BCUT2D eigenvalue weighted by atomic mass is 9.80. The standard InChI is InChI=1S/C21H22ClF3N2O/c1-20(12-5-6-13-26-20)18(14-8-3-2-4-9-14)27-19(28)15-10-7-11-16(17(15)22)21(23,24)25/h2-4,7-11,18,26H,5-6,12-13H2,1H3,(H,27,28)/t18-,20-/m0/s1. The van der Waals surface area contributed by atoms with Crippen molar-refractivity contribution in [2.75, 3.05) is 6.54 Å². The Bertz CT molecular complexity index is 833. The number of halogens is 4. The van der Waals surface area contributed by atoms with E-state index in [1.165, 1.54) is 12.1 Å². The van der Waals surface area contributed by atoms with Crippen molar-refractivity contribution in [1.29, 1.82) is 0 Å². The average Bonchev–Trinajstić information content (AvgIpc) is 2.66. The quantitative estimate of drug-likeness (QED) is 0.712. The number of benzene rings is 2. The number of amides is 1. The van der Waals surface area contributed by atoms with Crippen LogP contribution in [0, 0.1) is 0 Å². The van der Waals surface area contributed by atoms with Gasteiger partial charge in [0, 0.05) is 5.54 Å². The Balaban J connectivity index is 1.95. The highest BCUT2D eigenvalue weighted by Crippen LogP contribution is 2.37. The van der Waals surface area contributed by atoms with Gasteiger partial charge in [-0.2, -0.15) is 13.2 Å². The van der Waals surface area contributed by atoms with Crippen molar-refractivity contribution in [2.45, 2.75) is 43.9 Å². The first-order valence-corrected chi connectivity index (χ1v) is 9.57. The normalized spacial score (nSPS) is 21.2. The van der Waals surface area contributed by atoms with Crippen LogP contribution in [-0.2, 0) is 6.18 Å². The third-order valence-corrected chi connectivity index (χ3v) is 5.65. The Hall–Kier alpha value is -2.05. The lowest BCUT2D eigenvalue weighted by molar-refractivity contribution is -0.137. The van der Waals surface area contributed by atoms with Gasteiger partial charge < -0.3 is 10.6 Å². The van der Waals surface area contributed by atoms with Crippen molar-refractivity contribution in [1.82, 2.24) is 10.6 Å². The molecule has 1 saturated heterocycles. The number of hydrogen-bond donors (Lipinski definition) is 2. The van der Waals surface area contributed by atoms with E-state index in [1.54, 1.807) is 0 Å². The highest BCUT2D eigenvalue weighted by atomic mass is 35.5. The van der Waals surface area contributed by atoms with Crippen LogP contribution in [0.1, 0.15) is 53.7 Å². The van der Waals surface area contributed by atoms with Crippen molar-refractivity contribution in [3.8, 4) is 0 Å². The summed E-state index contributed by atoms with van der Waals surface area (Å²) in [5.41, 5.74) is -0.726. The summed E-state index contributed by atoms with van der Waals surface area (Å²) in [5, 5.41) is 5.82. The lowest BCUT2D eigenvalue weighted by Gasteiger charge is -2.42. The highest BCUT2D eigenvalue weighted by Gasteiger charge is 2.39. The molecule has 28 heavy (non-hydrogen) atoms. The van der Waals surface area contributed by atoms with Gasteiger partial charge in [0.15, 0.2) is 0 Å². The zero-order valence-electron chi connectivity index (χ0n) is 15.4. The Kier molecular flexibility index (Phi) is 6.01. The summed E-state index contributed by atoms with van der Waals surface area (Å²) in [5.74, 6) is -0.626. The molecule has 1 heterocycles. The summed E-state index contributed by atoms with van der Waals surface area (Å²) in [4.78, 5) is 12.9. The van der Waals surface area contributed by atoms with Gasteiger partial charge in [0.1, 0.15) is 0 Å². The van der Waals surface area contributed by atoms with Crippen LogP contribution >= 0.6 is 11.6 Å².